The Balaban J connectivity index is 1.53. The van der Waals surface area contributed by atoms with Gasteiger partial charge < -0.3 is 19.5 Å². The van der Waals surface area contributed by atoms with Crippen molar-refractivity contribution in [2.45, 2.75) is 44.6 Å². The van der Waals surface area contributed by atoms with Gasteiger partial charge in [-0.1, -0.05) is 5.16 Å². The Bertz CT molecular complexity index is 1110. The van der Waals surface area contributed by atoms with Crippen LogP contribution in [-0.4, -0.2) is 52.7 Å². The van der Waals surface area contributed by atoms with Gasteiger partial charge in [-0.2, -0.15) is 18.2 Å². The summed E-state index contributed by atoms with van der Waals surface area (Å²) in [7, 11) is -2.61. The fourth-order valence-corrected chi connectivity index (χ4v) is 4.24. The summed E-state index contributed by atoms with van der Waals surface area (Å²) in [5.41, 5.74) is 1.58. The van der Waals surface area contributed by atoms with E-state index in [1.807, 2.05) is 29.8 Å². The quantitative estimate of drug-likeness (QED) is 0.505. The molecule has 0 radical (unpaired) electrons. The second-order valence-corrected chi connectivity index (χ2v) is 8.49. The van der Waals surface area contributed by atoms with Crippen LogP contribution in [0.1, 0.15) is 30.3 Å². The number of hydrogen-bond donors (Lipinski definition) is 3. The molecule has 3 aromatic heterocycles. The minimum atomic E-state index is -3.87. The summed E-state index contributed by atoms with van der Waals surface area (Å²) in [6.45, 7) is 2.27. The van der Waals surface area contributed by atoms with E-state index >= 15 is 0 Å². The highest BCUT2D eigenvalue weighted by Crippen LogP contribution is 2.36. The van der Waals surface area contributed by atoms with Gasteiger partial charge in [0.1, 0.15) is 17.6 Å². The minimum Gasteiger partial charge on any atom is -0.390 e. The molecule has 0 saturated heterocycles. The predicted octanol–water partition coefficient (Wildman–Crippen LogP) is 0.885. The van der Waals surface area contributed by atoms with Crippen molar-refractivity contribution < 1.29 is 22.2 Å². The topological polar surface area (TPSA) is 144 Å². The van der Waals surface area contributed by atoms with Gasteiger partial charge >= 0.3 is 10.3 Å². The molecule has 0 aromatic carbocycles. The highest BCUT2D eigenvalue weighted by molar-refractivity contribution is 7.84. The molecule has 156 valence electrons. The number of aliphatic hydroxyl groups is 1. The van der Waals surface area contributed by atoms with Gasteiger partial charge in [0.15, 0.2) is 5.82 Å². The lowest BCUT2D eigenvalue weighted by Crippen LogP contribution is -2.31. The van der Waals surface area contributed by atoms with Gasteiger partial charge in [0, 0.05) is 30.7 Å². The van der Waals surface area contributed by atoms with Crippen LogP contribution in [0.3, 0.4) is 0 Å². The summed E-state index contributed by atoms with van der Waals surface area (Å²) < 4.78 is 37.5. The molecule has 4 rings (SSSR count). The molecular weight excluding hydrogens is 400 g/mol. The number of anilines is 1. The average molecular weight is 422 g/mol. The van der Waals surface area contributed by atoms with Gasteiger partial charge in [-0.25, -0.2) is 0 Å². The highest BCUT2D eigenvalue weighted by atomic mass is 32.2. The Morgan fingerprint density at radius 3 is 2.97 bits per heavy atom. The van der Waals surface area contributed by atoms with Crippen LogP contribution in [0.2, 0.25) is 0 Å². The van der Waals surface area contributed by atoms with E-state index in [9.17, 15) is 13.5 Å². The molecular formula is C17H22N6O5S. The number of aryl methyl sites for hydroxylation is 1. The van der Waals surface area contributed by atoms with Crippen molar-refractivity contribution in [2.24, 2.45) is 0 Å². The average Bonchev–Trinajstić information content (AvgIpc) is 3.39. The fraction of sp³-hybridized carbons (Fsp3) is 0.471. The first-order valence-corrected chi connectivity index (χ1v) is 10.5. The van der Waals surface area contributed by atoms with E-state index in [0.717, 1.165) is 22.4 Å². The van der Waals surface area contributed by atoms with Crippen LogP contribution in [0, 0.1) is 6.92 Å². The normalized spacial score (nSPS) is 22.4. The second-order valence-electron chi connectivity index (χ2n) is 6.98. The molecule has 3 atom stereocenters. The zero-order valence-electron chi connectivity index (χ0n) is 15.9. The SMILES string of the molecule is CNS(=O)(=O)O[C@H]1C[C@H](n2ccc3c(NCc4cc(C)on4)nncc32)C[C@@H]1O. The maximum atomic E-state index is 11.7. The largest absolute Gasteiger partial charge is 0.390 e. The van der Waals surface area contributed by atoms with Crippen LogP contribution in [-0.2, 0) is 21.0 Å². The van der Waals surface area contributed by atoms with E-state index in [4.69, 9.17) is 8.71 Å². The Morgan fingerprint density at radius 1 is 1.41 bits per heavy atom. The van der Waals surface area contributed by atoms with Crippen molar-refractivity contribution in [3.63, 3.8) is 0 Å². The number of aromatic nitrogens is 4. The van der Waals surface area contributed by atoms with E-state index in [1.54, 1.807) is 6.20 Å². The molecule has 1 saturated carbocycles. The lowest BCUT2D eigenvalue weighted by atomic mass is 10.2. The van der Waals surface area contributed by atoms with Crippen LogP contribution in [0.15, 0.2) is 29.0 Å². The third kappa shape index (κ3) is 4.10. The van der Waals surface area contributed by atoms with E-state index in [2.05, 4.69) is 25.4 Å². The summed E-state index contributed by atoms with van der Waals surface area (Å²) >= 11 is 0. The Hall–Kier alpha value is -2.54. The summed E-state index contributed by atoms with van der Waals surface area (Å²) in [5.74, 6) is 1.33. The van der Waals surface area contributed by atoms with Crippen molar-refractivity contribution in [1.82, 2.24) is 24.6 Å². The first kappa shape index (κ1) is 19.8. The van der Waals surface area contributed by atoms with Crippen LogP contribution in [0.25, 0.3) is 10.9 Å². The van der Waals surface area contributed by atoms with Crippen LogP contribution >= 0.6 is 0 Å². The van der Waals surface area contributed by atoms with Gasteiger partial charge in [-0.3, -0.25) is 4.18 Å². The maximum Gasteiger partial charge on any atom is 0.335 e. The molecule has 11 nitrogen and oxygen atoms in total. The molecule has 1 aliphatic rings. The van der Waals surface area contributed by atoms with Crippen molar-refractivity contribution in [1.29, 1.82) is 0 Å². The lowest BCUT2D eigenvalue weighted by molar-refractivity contribution is 0.0635. The number of fused-ring (bicyclic) bond motifs is 1. The molecule has 1 aliphatic carbocycles. The number of nitrogens with one attached hydrogen (secondary N) is 2. The molecule has 0 unspecified atom stereocenters. The van der Waals surface area contributed by atoms with Gasteiger partial charge in [0.2, 0.25) is 0 Å². The Morgan fingerprint density at radius 2 is 2.24 bits per heavy atom. The van der Waals surface area contributed by atoms with Crippen molar-refractivity contribution in [3.05, 3.63) is 36.0 Å². The molecule has 0 bridgehead atoms. The summed E-state index contributed by atoms with van der Waals surface area (Å²) in [6.07, 6.45) is 2.56. The summed E-state index contributed by atoms with van der Waals surface area (Å²) in [5, 5.41) is 26.5. The molecule has 0 spiro atoms. The fourth-order valence-electron chi connectivity index (χ4n) is 3.61. The van der Waals surface area contributed by atoms with Crippen LogP contribution in [0.5, 0.6) is 0 Å². The first-order chi connectivity index (χ1) is 13.9. The number of nitrogens with zero attached hydrogens (tertiary/aromatic N) is 4. The zero-order valence-corrected chi connectivity index (χ0v) is 16.8. The molecule has 3 heterocycles. The molecule has 0 amide bonds. The van der Waals surface area contributed by atoms with Crippen molar-refractivity contribution >= 4 is 27.0 Å². The highest BCUT2D eigenvalue weighted by Gasteiger charge is 2.38. The van der Waals surface area contributed by atoms with E-state index < -0.39 is 22.5 Å². The molecule has 12 heteroatoms. The number of aliphatic hydroxyl groups excluding tert-OH is 1. The maximum absolute atomic E-state index is 11.7. The molecule has 29 heavy (non-hydrogen) atoms. The number of hydrogen-bond acceptors (Lipinski definition) is 9. The zero-order chi connectivity index (χ0) is 20.6. The second kappa shape index (κ2) is 7.71. The third-order valence-corrected chi connectivity index (χ3v) is 6.00. The Labute approximate surface area is 167 Å². The Kier molecular flexibility index (Phi) is 5.25. The monoisotopic (exact) mass is 422 g/mol. The van der Waals surface area contributed by atoms with E-state index in [1.165, 1.54) is 7.05 Å². The first-order valence-electron chi connectivity index (χ1n) is 9.14. The molecule has 0 aliphatic heterocycles. The lowest BCUT2D eigenvalue weighted by Gasteiger charge is -2.15. The van der Waals surface area contributed by atoms with E-state index in [0.29, 0.717) is 25.2 Å². The number of rotatable bonds is 7. The minimum absolute atomic E-state index is 0.130. The molecule has 3 aromatic rings. The molecule has 1 fully saturated rings. The smallest absolute Gasteiger partial charge is 0.335 e. The van der Waals surface area contributed by atoms with Gasteiger partial charge in [-0.15, -0.1) is 5.10 Å². The molecule has 3 N–H and O–H groups in total. The standard InChI is InChI=1S/C17H22N6O5S/c1-10-5-11(22-27-10)8-19-17-13-3-4-23(14(13)9-20-21-17)12-6-15(24)16(7-12)28-29(25,26)18-2/h3-5,9,12,15-16,18,24H,6-8H2,1-2H3,(H,19,21)/t12-,15+,16+/m1/s1. The summed E-state index contributed by atoms with van der Waals surface area (Å²) in [6, 6.07) is 3.62. The third-order valence-electron chi connectivity index (χ3n) is 5.00. The van der Waals surface area contributed by atoms with Gasteiger partial charge in [0.05, 0.1) is 24.4 Å². The summed E-state index contributed by atoms with van der Waals surface area (Å²) in [4.78, 5) is 0. The van der Waals surface area contributed by atoms with Gasteiger partial charge in [-0.05, 0) is 25.8 Å². The van der Waals surface area contributed by atoms with Crippen LogP contribution < -0.4 is 10.0 Å². The van der Waals surface area contributed by atoms with E-state index in [-0.39, 0.29) is 6.04 Å². The van der Waals surface area contributed by atoms with Crippen LogP contribution in [0.4, 0.5) is 5.82 Å². The van der Waals surface area contributed by atoms with Crippen molar-refractivity contribution in [3.8, 4) is 0 Å². The predicted molar refractivity (Wildman–Crippen MR) is 103 cm³/mol. The van der Waals surface area contributed by atoms with Crippen molar-refractivity contribution in [2.75, 3.05) is 12.4 Å². The van der Waals surface area contributed by atoms with Gasteiger partial charge in [0.25, 0.3) is 0 Å².